The van der Waals surface area contributed by atoms with Gasteiger partial charge in [-0.3, -0.25) is 0 Å². The van der Waals surface area contributed by atoms with Gasteiger partial charge in [0.25, 0.3) is 0 Å². The molecule has 0 amide bonds. The number of hydrogen-bond donors (Lipinski definition) is 1. The summed E-state index contributed by atoms with van der Waals surface area (Å²) < 4.78 is 0.325. The summed E-state index contributed by atoms with van der Waals surface area (Å²) in [7, 11) is 0. The molecule has 3 nitrogen and oxygen atoms in total. The van der Waals surface area contributed by atoms with E-state index in [4.69, 9.17) is 4.98 Å². The van der Waals surface area contributed by atoms with Crippen molar-refractivity contribution in [3.63, 3.8) is 0 Å². The Hall–Kier alpha value is -0.740. The highest BCUT2D eigenvalue weighted by atomic mass is 32.2. The van der Waals surface area contributed by atoms with Crippen molar-refractivity contribution >= 4 is 17.6 Å². The zero-order chi connectivity index (χ0) is 15.5. The van der Waals surface area contributed by atoms with Crippen LogP contribution in [0.25, 0.3) is 0 Å². The van der Waals surface area contributed by atoms with Gasteiger partial charge in [0.1, 0.15) is 5.82 Å². The Morgan fingerprint density at radius 3 is 2.76 bits per heavy atom. The quantitative estimate of drug-likeness (QED) is 0.901. The van der Waals surface area contributed by atoms with Gasteiger partial charge in [-0.05, 0) is 44.9 Å². The fourth-order valence-electron chi connectivity index (χ4n) is 2.65. The van der Waals surface area contributed by atoms with Crippen LogP contribution >= 0.6 is 11.8 Å². The van der Waals surface area contributed by atoms with E-state index in [-0.39, 0.29) is 0 Å². The van der Waals surface area contributed by atoms with E-state index >= 15 is 0 Å². The van der Waals surface area contributed by atoms with Crippen LogP contribution in [0.4, 0.5) is 5.82 Å². The van der Waals surface area contributed by atoms with Crippen LogP contribution in [0.2, 0.25) is 0 Å². The van der Waals surface area contributed by atoms with Crippen molar-refractivity contribution < 1.29 is 0 Å². The third-order valence-corrected chi connectivity index (χ3v) is 5.10. The first-order valence-corrected chi connectivity index (χ1v) is 8.92. The van der Waals surface area contributed by atoms with Crippen LogP contribution in [0, 0.1) is 12.8 Å². The SMILES string of the molecule is Cc1nc(N2CCSC(C)(C)C2)ccc1CNCC(C)C. The van der Waals surface area contributed by atoms with Crippen molar-refractivity contribution in [2.75, 3.05) is 30.3 Å². The Morgan fingerprint density at radius 1 is 1.38 bits per heavy atom. The van der Waals surface area contributed by atoms with Gasteiger partial charge in [0, 0.05) is 35.8 Å². The average Bonchev–Trinajstić information content (AvgIpc) is 2.39. The summed E-state index contributed by atoms with van der Waals surface area (Å²) in [5, 5.41) is 3.50. The van der Waals surface area contributed by atoms with Crippen molar-refractivity contribution in [3.05, 3.63) is 23.4 Å². The minimum Gasteiger partial charge on any atom is -0.354 e. The van der Waals surface area contributed by atoms with Gasteiger partial charge in [-0.15, -0.1) is 0 Å². The molecule has 1 fully saturated rings. The van der Waals surface area contributed by atoms with Gasteiger partial charge in [-0.2, -0.15) is 11.8 Å². The lowest BCUT2D eigenvalue weighted by molar-refractivity contribution is 0.550. The maximum atomic E-state index is 4.84. The molecule has 4 heteroatoms. The Kier molecular flexibility index (Phi) is 5.55. The summed E-state index contributed by atoms with van der Waals surface area (Å²) in [4.78, 5) is 7.26. The lowest BCUT2D eigenvalue weighted by Gasteiger charge is -2.38. The zero-order valence-corrected chi connectivity index (χ0v) is 14.9. The molecule has 0 spiro atoms. The molecule has 1 aliphatic rings. The lowest BCUT2D eigenvalue weighted by atomic mass is 10.1. The van der Waals surface area contributed by atoms with Crippen LogP contribution in [0.15, 0.2) is 12.1 Å². The zero-order valence-electron chi connectivity index (χ0n) is 14.1. The second-order valence-electron chi connectivity index (χ2n) is 6.97. The van der Waals surface area contributed by atoms with Crippen LogP contribution in [0.1, 0.15) is 39.0 Å². The number of pyridine rings is 1. The van der Waals surface area contributed by atoms with Crippen molar-refractivity contribution in [2.24, 2.45) is 5.92 Å². The lowest BCUT2D eigenvalue weighted by Crippen LogP contribution is -2.43. The third kappa shape index (κ3) is 4.89. The largest absolute Gasteiger partial charge is 0.354 e. The number of nitrogens with zero attached hydrogens (tertiary/aromatic N) is 2. The maximum Gasteiger partial charge on any atom is 0.128 e. The molecule has 0 unspecified atom stereocenters. The molecule has 2 rings (SSSR count). The molecule has 1 N–H and O–H groups in total. The van der Waals surface area contributed by atoms with Crippen LogP contribution < -0.4 is 10.2 Å². The number of aromatic nitrogens is 1. The van der Waals surface area contributed by atoms with Crippen molar-refractivity contribution in [1.29, 1.82) is 0 Å². The molecule has 21 heavy (non-hydrogen) atoms. The van der Waals surface area contributed by atoms with Gasteiger partial charge in [0.2, 0.25) is 0 Å². The fourth-order valence-corrected chi connectivity index (χ4v) is 3.76. The van der Waals surface area contributed by atoms with Crippen LogP contribution in [0.3, 0.4) is 0 Å². The van der Waals surface area contributed by atoms with Crippen molar-refractivity contribution in [1.82, 2.24) is 10.3 Å². The smallest absolute Gasteiger partial charge is 0.128 e. The summed E-state index contributed by atoms with van der Waals surface area (Å²) in [6.07, 6.45) is 0. The topological polar surface area (TPSA) is 28.2 Å². The van der Waals surface area contributed by atoms with E-state index in [1.54, 1.807) is 0 Å². The minimum absolute atomic E-state index is 0.325. The Labute approximate surface area is 133 Å². The summed E-state index contributed by atoms with van der Waals surface area (Å²) in [6, 6.07) is 4.42. The second kappa shape index (κ2) is 7.01. The molecule has 1 aromatic heterocycles. The Morgan fingerprint density at radius 2 is 2.14 bits per heavy atom. The molecule has 0 bridgehead atoms. The van der Waals surface area contributed by atoms with E-state index < -0.39 is 0 Å². The van der Waals surface area contributed by atoms with E-state index in [0.717, 1.165) is 37.7 Å². The monoisotopic (exact) mass is 307 g/mol. The summed E-state index contributed by atoms with van der Waals surface area (Å²) in [6.45, 7) is 15.4. The van der Waals surface area contributed by atoms with E-state index in [0.29, 0.717) is 10.7 Å². The predicted molar refractivity (Wildman–Crippen MR) is 94.3 cm³/mol. The third-order valence-electron chi connectivity index (χ3n) is 3.80. The molecule has 1 aliphatic heterocycles. The van der Waals surface area contributed by atoms with Gasteiger partial charge in [-0.1, -0.05) is 19.9 Å². The number of nitrogens with one attached hydrogen (secondary N) is 1. The molecule has 0 atom stereocenters. The van der Waals surface area contributed by atoms with Crippen LogP contribution in [-0.2, 0) is 6.54 Å². The molecule has 0 radical (unpaired) electrons. The molecular formula is C17H29N3S. The fraction of sp³-hybridized carbons (Fsp3) is 0.706. The van der Waals surface area contributed by atoms with Crippen molar-refractivity contribution in [2.45, 2.75) is 45.9 Å². The van der Waals surface area contributed by atoms with Crippen LogP contribution in [-0.4, -0.2) is 35.1 Å². The van der Waals surface area contributed by atoms with Gasteiger partial charge in [-0.25, -0.2) is 4.98 Å². The number of hydrogen-bond acceptors (Lipinski definition) is 4. The average molecular weight is 308 g/mol. The van der Waals surface area contributed by atoms with Crippen LogP contribution in [0.5, 0.6) is 0 Å². The van der Waals surface area contributed by atoms with E-state index in [9.17, 15) is 0 Å². The summed E-state index contributed by atoms with van der Waals surface area (Å²) >= 11 is 2.06. The Balaban J connectivity index is 2.01. The first-order chi connectivity index (χ1) is 9.87. The van der Waals surface area contributed by atoms with Crippen molar-refractivity contribution in [3.8, 4) is 0 Å². The van der Waals surface area contributed by atoms with E-state index in [1.807, 2.05) is 0 Å². The van der Waals surface area contributed by atoms with Gasteiger partial charge >= 0.3 is 0 Å². The molecule has 1 saturated heterocycles. The second-order valence-corrected chi connectivity index (χ2v) is 8.77. The number of thioether (sulfide) groups is 1. The normalized spacial score (nSPS) is 18.3. The van der Waals surface area contributed by atoms with Gasteiger partial charge < -0.3 is 10.2 Å². The highest BCUT2D eigenvalue weighted by Crippen LogP contribution is 2.31. The number of aryl methyl sites for hydroxylation is 1. The molecule has 2 heterocycles. The molecule has 0 aliphatic carbocycles. The van der Waals surface area contributed by atoms with Gasteiger partial charge in [0.05, 0.1) is 0 Å². The minimum atomic E-state index is 0.325. The first-order valence-electron chi connectivity index (χ1n) is 7.93. The number of rotatable bonds is 5. The summed E-state index contributed by atoms with van der Waals surface area (Å²) in [5.74, 6) is 3.00. The highest BCUT2D eigenvalue weighted by molar-refractivity contribution is 8.00. The molecule has 118 valence electrons. The Bertz CT molecular complexity index is 471. The summed E-state index contributed by atoms with van der Waals surface area (Å²) in [5.41, 5.74) is 2.46. The molecule has 0 saturated carbocycles. The first kappa shape index (κ1) is 16.6. The van der Waals surface area contributed by atoms with E-state index in [2.05, 4.69) is 68.7 Å². The number of anilines is 1. The maximum absolute atomic E-state index is 4.84. The predicted octanol–water partition coefficient (Wildman–Crippen LogP) is 3.47. The standard InChI is InChI=1S/C17H29N3S/c1-13(2)10-18-11-15-6-7-16(19-14(15)3)20-8-9-21-17(4,5)12-20/h6-7,13,18H,8-12H2,1-5H3. The molecule has 1 aromatic rings. The molecular weight excluding hydrogens is 278 g/mol. The van der Waals surface area contributed by atoms with Gasteiger partial charge in [0.15, 0.2) is 0 Å². The van der Waals surface area contributed by atoms with E-state index in [1.165, 1.54) is 11.3 Å². The highest BCUT2D eigenvalue weighted by Gasteiger charge is 2.27. The molecule has 0 aromatic carbocycles.